The Bertz CT molecular complexity index is 889. The number of hydrogen-bond donors (Lipinski definition) is 2. The molecular weight excluding hydrogens is 414 g/mol. The van der Waals surface area contributed by atoms with Crippen molar-refractivity contribution in [2.45, 2.75) is 51.7 Å². The monoisotopic (exact) mass is 445 g/mol. The number of piperidine rings is 1. The SMILES string of the molecule is CC(C)(C)OC(=O)N1CC[C@@H](CNC(=O)c2cc(CC#N)cc3c2OCCCO3)[C@H](O)C1. The van der Waals surface area contributed by atoms with Crippen molar-refractivity contribution in [3.05, 3.63) is 23.3 Å². The van der Waals surface area contributed by atoms with Crippen LogP contribution in [0.1, 0.15) is 49.5 Å². The summed E-state index contributed by atoms with van der Waals surface area (Å²) in [6.45, 7) is 7.15. The number of fused-ring (bicyclic) bond motifs is 1. The molecule has 174 valence electrons. The second-order valence-corrected chi connectivity index (χ2v) is 9.11. The molecule has 0 saturated carbocycles. The molecule has 0 spiro atoms. The van der Waals surface area contributed by atoms with Gasteiger partial charge in [0.25, 0.3) is 5.91 Å². The molecule has 0 aromatic heterocycles. The number of aliphatic hydroxyl groups is 1. The van der Waals surface area contributed by atoms with Crippen molar-refractivity contribution >= 4 is 12.0 Å². The molecule has 2 heterocycles. The number of rotatable bonds is 4. The normalized spacial score (nSPS) is 20.7. The Balaban J connectivity index is 1.63. The lowest BCUT2D eigenvalue weighted by Crippen LogP contribution is -2.50. The first kappa shape index (κ1) is 23.7. The van der Waals surface area contributed by atoms with Gasteiger partial charge >= 0.3 is 6.09 Å². The van der Waals surface area contributed by atoms with Gasteiger partial charge in [-0.05, 0) is 44.9 Å². The molecule has 1 saturated heterocycles. The molecule has 0 bridgehead atoms. The highest BCUT2D eigenvalue weighted by atomic mass is 16.6. The molecule has 2 N–H and O–H groups in total. The average molecular weight is 446 g/mol. The fraction of sp³-hybridized carbons (Fsp3) is 0.609. The van der Waals surface area contributed by atoms with E-state index in [4.69, 9.17) is 19.5 Å². The lowest BCUT2D eigenvalue weighted by atomic mass is 9.94. The highest BCUT2D eigenvalue weighted by molar-refractivity contribution is 5.98. The molecule has 2 aliphatic heterocycles. The van der Waals surface area contributed by atoms with Gasteiger partial charge in [0.15, 0.2) is 11.5 Å². The summed E-state index contributed by atoms with van der Waals surface area (Å²) in [5.41, 5.74) is 0.388. The Morgan fingerprint density at radius 2 is 2.06 bits per heavy atom. The van der Waals surface area contributed by atoms with E-state index in [0.29, 0.717) is 55.2 Å². The molecular formula is C23H31N3O6. The molecule has 2 aliphatic rings. The van der Waals surface area contributed by atoms with Crippen LogP contribution in [0.2, 0.25) is 0 Å². The summed E-state index contributed by atoms with van der Waals surface area (Å²) in [5, 5.41) is 22.4. The van der Waals surface area contributed by atoms with Gasteiger partial charge in [-0.2, -0.15) is 5.26 Å². The third kappa shape index (κ3) is 6.04. The topological polar surface area (TPSA) is 121 Å². The van der Waals surface area contributed by atoms with Crippen LogP contribution in [-0.2, 0) is 11.2 Å². The second kappa shape index (κ2) is 10.1. The van der Waals surface area contributed by atoms with Crippen LogP contribution in [0.5, 0.6) is 11.5 Å². The quantitative estimate of drug-likeness (QED) is 0.729. The predicted molar refractivity (Wildman–Crippen MR) is 116 cm³/mol. The second-order valence-electron chi connectivity index (χ2n) is 9.11. The number of benzene rings is 1. The zero-order chi connectivity index (χ0) is 23.3. The highest BCUT2D eigenvalue weighted by Crippen LogP contribution is 2.35. The number of amides is 2. The van der Waals surface area contributed by atoms with Gasteiger partial charge in [0.05, 0.1) is 43.9 Å². The fourth-order valence-electron chi connectivity index (χ4n) is 3.72. The number of carbonyl (C=O) groups excluding carboxylic acids is 2. The van der Waals surface area contributed by atoms with E-state index in [2.05, 4.69) is 11.4 Å². The van der Waals surface area contributed by atoms with E-state index >= 15 is 0 Å². The molecule has 0 aliphatic carbocycles. The maximum atomic E-state index is 13.0. The van der Waals surface area contributed by atoms with Crippen LogP contribution in [0, 0.1) is 17.2 Å². The lowest BCUT2D eigenvalue weighted by Gasteiger charge is -2.36. The standard InChI is InChI=1S/C23H31N3O6/c1-23(2,3)32-22(29)26-8-6-16(18(27)14-26)13-25-21(28)17-11-15(5-7-24)12-19-20(17)31-10-4-9-30-19/h11-12,16,18,27H,4-6,8-10,13-14H2,1-3H3,(H,25,28)/t16-,18+/m0/s1. The summed E-state index contributed by atoms with van der Waals surface area (Å²) in [6.07, 6.45) is 0.156. The van der Waals surface area contributed by atoms with E-state index in [1.165, 1.54) is 4.90 Å². The number of nitriles is 1. The van der Waals surface area contributed by atoms with E-state index in [0.717, 1.165) is 0 Å². The first-order chi connectivity index (χ1) is 15.2. The van der Waals surface area contributed by atoms with Gasteiger partial charge in [-0.15, -0.1) is 0 Å². The minimum atomic E-state index is -0.779. The van der Waals surface area contributed by atoms with Crippen LogP contribution in [0.4, 0.5) is 4.79 Å². The van der Waals surface area contributed by atoms with Crippen LogP contribution in [0.25, 0.3) is 0 Å². The van der Waals surface area contributed by atoms with Crippen LogP contribution in [0.15, 0.2) is 12.1 Å². The van der Waals surface area contributed by atoms with Crippen molar-refractivity contribution in [1.82, 2.24) is 10.2 Å². The molecule has 3 rings (SSSR count). The van der Waals surface area contributed by atoms with Crippen molar-refractivity contribution in [3.8, 4) is 17.6 Å². The number of nitrogens with one attached hydrogen (secondary N) is 1. The van der Waals surface area contributed by atoms with Gasteiger partial charge in [-0.3, -0.25) is 4.79 Å². The summed E-state index contributed by atoms with van der Waals surface area (Å²) in [6, 6.07) is 5.47. The van der Waals surface area contributed by atoms with Gasteiger partial charge < -0.3 is 29.5 Å². The Labute approximate surface area is 188 Å². The molecule has 9 nitrogen and oxygen atoms in total. The Morgan fingerprint density at radius 1 is 1.31 bits per heavy atom. The van der Waals surface area contributed by atoms with Gasteiger partial charge in [-0.25, -0.2) is 4.79 Å². The number of hydrogen-bond acceptors (Lipinski definition) is 7. The van der Waals surface area contributed by atoms with Gasteiger partial charge in [0.2, 0.25) is 0 Å². The first-order valence-corrected chi connectivity index (χ1v) is 10.9. The third-order valence-electron chi connectivity index (χ3n) is 5.33. The third-order valence-corrected chi connectivity index (χ3v) is 5.33. The van der Waals surface area contributed by atoms with E-state index < -0.39 is 17.8 Å². The highest BCUT2D eigenvalue weighted by Gasteiger charge is 2.33. The number of ether oxygens (including phenoxy) is 3. The average Bonchev–Trinajstić information content (AvgIpc) is 2.96. The zero-order valence-electron chi connectivity index (χ0n) is 18.8. The fourth-order valence-corrected chi connectivity index (χ4v) is 3.72. The maximum Gasteiger partial charge on any atom is 0.410 e. The van der Waals surface area contributed by atoms with Gasteiger partial charge in [0, 0.05) is 25.4 Å². The largest absolute Gasteiger partial charge is 0.490 e. The first-order valence-electron chi connectivity index (χ1n) is 10.9. The molecule has 2 atom stereocenters. The van der Waals surface area contributed by atoms with Crippen LogP contribution >= 0.6 is 0 Å². The lowest BCUT2D eigenvalue weighted by molar-refractivity contribution is -0.0122. The number of likely N-dealkylation sites (tertiary alicyclic amines) is 1. The molecule has 1 aromatic rings. The van der Waals surface area contributed by atoms with Crippen molar-refractivity contribution in [2.75, 3.05) is 32.8 Å². The van der Waals surface area contributed by atoms with E-state index in [1.54, 1.807) is 32.9 Å². The summed E-state index contributed by atoms with van der Waals surface area (Å²) >= 11 is 0. The zero-order valence-corrected chi connectivity index (χ0v) is 18.8. The van der Waals surface area contributed by atoms with Gasteiger partial charge in [-0.1, -0.05) is 0 Å². The van der Waals surface area contributed by atoms with Crippen molar-refractivity contribution in [3.63, 3.8) is 0 Å². The minimum Gasteiger partial charge on any atom is -0.490 e. The molecule has 2 amide bonds. The molecule has 32 heavy (non-hydrogen) atoms. The molecule has 1 fully saturated rings. The molecule has 9 heteroatoms. The minimum absolute atomic E-state index is 0.152. The van der Waals surface area contributed by atoms with Crippen molar-refractivity contribution < 1.29 is 28.9 Å². The van der Waals surface area contributed by atoms with Crippen LogP contribution in [-0.4, -0.2) is 66.6 Å². The summed E-state index contributed by atoms with van der Waals surface area (Å²) in [4.78, 5) is 26.7. The van der Waals surface area contributed by atoms with Gasteiger partial charge in [0.1, 0.15) is 5.60 Å². The Kier molecular flexibility index (Phi) is 7.46. The van der Waals surface area contributed by atoms with Crippen LogP contribution < -0.4 is 14.8 Å². The number of aliphatic hydroxyl groups excluding tert-OH is 1. The Hall–Kier alpha value is -2.99. The molecule has 1 aromatic carbocycles. The van der Waals surface area contributed by atoms with E-state index in [9.17, 15) is 14.7 Å². The number of nitrogens with zero attached hydrogens (tertiary/aromatic N) is 2. The Morgan fingerprint density at radius 3 is 2.75 bits per heavy atom. The molecule has 0 radical (unpaired) electrons. The summed E-state index contributed by atoms with van der Waals surface area (Å²) in [5.74, 6) is 0.289. The van der Waals surface area contributed by atoms with E-state index in [1.807, 2.05) is 0 Å². The van der Waals surface area contributed by atoms with Crippen molar-refractivity contribution in [1.29, 1.82) is 5.26 Å². The molecule has 0 unspecified atom stereocenters. The summed E-state index contributed by atoms with van der Waals surface area (Å²) < 4.78 is 16.8. The number of β-amino-alcohol motifs (C(OH)–C–C–N with tert-alkyl or cyclic N) is 1. The predicted octanol–water partition coefficient (Wildman–Crippen LogP) is 2.26. The van der Waals surface area contributed by atoms with Crippen molar-refractivity contribution in [2.24, 2.45) is 5.92 Å². The number of carbonyl (C=O) groups is 2. The summed E-state index contributed by atoms with van der Waals surface area (Å²) in [7, 11) is 0. The van der Waals surface area contributed by atoms with E-state index in [-0.39, 0.29) is 31.3 Å². The maximum absolute atomic E-state index is 13.0. The smallest absolute Gasteiger partial charge is 0.410 e. The van der Waals surface area contributed by atoms with Crippen LogP contribution in [0.3, 0.4) is 0 Å².